The lowest BCUT2D eigenvalue weighted by atomic mass is 9.92. The van der Waals surface area contributed by atoms with Gasteiger partial charge in [-0.2, -0.15) is 0 Å². The second-order valence-corrected chi connectivity index (χ2v) is 13.4. The molecule has 2 amide bonds. The molecule has 1 saturated carbocycles. The van der Waals surface area contributed by atoms with Crippen molar-refractivity contribution in [2.45, 2.75) is 70.1 Å². The number of carbonyl (C=O) groups excluding carboxylic acids is 2. The lowest BCUT2D eigenvalue weighted by Crippen LogP contribution is -2.52. The van der Waals surface area contributed by atoms with Crippen molar-refractivity contribution >= 4 is 32.7 Å². The predicted octanol–water partition coefficient (Wildman–Crippen LogP) is 1.89. The summed E-state index contributed by atoms with van der Waals surface area (Å²) in [6.45, 7) is 8.80. The van der Waals surface area contributed by atoms with Crippen molar-refractivity contribution in [3.05, 3.63) is 24.0 Å². The molecule has 1 fully saturated rings. The predicted molar refractivity (Wildman–Crippen MR) is 130 cm³/mol. The van der Waals surface area contributed by atoms with E-state index in [1.54, 1.807) is 6.07 Å². The van der Waals surface area contributed by atoms with E-state index in [4.69, 9.17) is 10.7 Å². The molecular weight excluding hydrogens is 456 g/mol. The van der Waals surface area contributed by atoms with Gasteiger partial charge in [-0.15, -0.1) is 0 Å². The summed E-state index contributed by atoms with van der Waals surface area (Å²) in [5, 5.41) is 9.27. The third kappa shape index (κ3) is 5.43. The fourth-order valence-electron chi connectivity index (χ4n) is 4.05. The highest BCUT2D eigenvalue weighted by Gasteiger charge is 2.45. The summed E-state index contributed by atoms with van der Waals surface area (Å²) in [4.78, 5) is 30.3. The number of amides is 2. The lowest BCUT2D eigenvalue weighted by molar-refractivity contribution is -0.137. The van der Waals surface area contributed by atoms with Crippen molar-refractivity contribution in [1.82, 2.24) is 14.5 Å². The van der Waals surface area contributed by atoms with Gasteiger partial charge in [-0.1, -0.05) is 20.8 Å². The Kier molecular flexibility index (Phi) is 7.15. The minimum atomic E-state index is -4.15. The summed E-state index contributed by atoms with van der Waals surface area (Å²) in [5.74, 6) is -0.0363. The van der Waals surface area contributed by atoms with Crippen molar-refractivity contribution in [2.24, 2.45) is 17.1 Å². The number of imidazole rings is 1. The van der Waals surface area contributed by atoms with Gasteiger partial charge in [-0.25, -0.2) is 13.4 Å². The van der Waals surface area contributed by atoms with Crippen molar-refractivity contribution in [3.8, 4) is 0 Å². The topological polar surface area (TPSA) is 136 Å². The summed E-state index contributed by atoms with van der Waals surface area (Å²) < 4.78 is 27.5. The average Bonchev–Trinajstić information content (AvgIpc) is 3.47. The molecule has 0 radical (unpaired) electrons. The van der Waals surface area contributed by atoms with Crippen molar-refractivity contribution in [2.75, 3.05) is 19.7 Å². The maximum Gasteiger partial charge on any atom is 0.244 e. The second-order valence-electron chi connectivity index (χ2n) is 10.9. The number of hydrogen-bond donors (Lipinski definition) is 2. The minimum absolute atomic E-state index is 0.0141. The van der Waals surface area contributed by atoms with Crippen LogP contribution >= 0.6 is 0 Å². The molecule has 0 unspecified atom stereocenters. The number of aliphatic hydroxyl groups is 1. The highest BCUT2D eigenvalue weighted by atomic mass is 32.2. The lowest BCUT2D eigenvalue weighted by Gasteiger charge is -2.30. The highest BCUT2D eigenvalue weighted by molar-refractivity contribution is 7.93. The Morgan fingerprint density at radius 3 is 2.38 bits per heavy atom. The maximum atomic E-state index is 13.6. The van der Waals surface area contributed by atoms with Gasteiger partial charge in [0, 0.05) is 19.5 Å². The molecule has 9 nitrogen and oxygen atoms in total. The Bertz CT molecular complexity index is 1190. The van der Waals surface area contributed by atoms with Crippen molar-refractivity contribution in [3.63, 3.8) is 0 Å². The van der Waals surface area contributed by atoms with E-state index in [1.807, 2.05) is 0 Å². The largest absolute Gasteiger partial charge is 0.395 e. The van der Waals surface area contributed by atoms with E-state index in [1.165, 1.54) is 38.8 Å². The van der Waals surface area contributed by atoms with Gasteiger partial charge in [0.2, 0.25) is 11.8 Å². The van der Waals surface area contributed by atoms with Crippen LogP contribution in [0.4, 0.5) is 0 Å². The Morgan fingerprint density at radius 1 is 1.21 bits per heavy atom. The first kappa shape index (κ1) is 26.2. The van der Waals surface area contributed by atoms with Crippen LogP contribution in [0.25, 0.3) is 11.0 Å². The number of primary amides is 1. The van der Waals surface area contributed by atoms with Gasteiger partial charge in [0.05, 0.1) is 29.1 Å². The second kappa shape index (κ2) is 9.30. The van der Waals surface area contributed by atoms with Crippen LogP contribution in [-0.4, -0.2) is 64.2 Å². The number of aromatic nitrogens is 2. The molecule has 1 aromatic heterocycles. The Hall–Kier alpha value is -2.46. The van der Waals surface area contributed by atoms with Crippen LogP contribution in [0.1, 0.15) is 53.3 Å². The molecule has 34 heavy (non-hydrogen) atoms. The molecule has 0 atom stereocenters. The van der Waals surface area contributed by atoms with Gasteiger partial charge >= 0.3 is 0 Å². The quantitative estimate of drug-likeness (QED) is 0.520. The number of fused-ring (bicyclic) bond motifs is 1. The normalized spacial score (nSPS) is 15.0. The molecule has 0 bridgehead atoms. The molecule has 0 saturated heterocycles. The number of carbonyl (C=O) groups is 2. The molecule has 0 aliphatic heterocycles. The molecule has 3 rings (SSSR count). The van der Waals surface area contributed by atoms with Crippen molar-refractivity contribution < 1.29 is 23.1 Å². The summed E-state index contributed by atoms with van der Waals surface area (Å²) in [5.41, 5.74) is 6.68. The summed E-state index contributed by atoms with van der Waals surface area (Å²) in [6.07, 6.45) is 3.13. The first-order chi connectivity index (χ1) is 15.7. The molecule has 1 aliphatic rings. The van der Waals surface area contributed by atoms with Crippen LogP contribution in [0.3, 0.4) is 0 Å². The molecule has 188 valence electrons. The van der Waals surface area contributed by atoms with Gasteiger partial charge in [-0.05, 0) is 56.2 Å². The Morgan fingerprint density at radius 2 is 1.85 bits per heavy atom. The number of aliphatic hydroxyl groups excluding tert-OH is 1. The van der Waals surface area contributed by atoms with Crippen LogP contribution in [0, 0.1) is 11.3 Å². The Labute approximate surface area is 201 Å². The van der Waals surface area contributed by atoms with Crippen LogP contribution in [0.5, 0.6) is 0 Å². The molecular formula is C24H36N4O5S. The minimum Gasteiger partial charge on any atom is -0.395 e. The number of sulfone groups is 1. The Balaban J connectivity index is 2.02. The number of rotatable bonds is 10. The van der Waals surface area contributed by atoms with E-state index < -0.39 is 39.6 Å². The zero-order chi connectivity index (χ0) is 25.5. The molecule has 1 aromatic carbocycles. The van der Waals surface area contributed by atoms with Crippen LogP contribution in [0.15, 0.2) is 23.1 Å². The fourth-order valence-corrected chi connectivity index (χ4v) is 5.51. The smallest absolute Gasteiger partial charge is 0.244 e. The number of nitrogens with zero attached hydrogens (tertiary/aromatic N) is 3. The summed E-state index contributed by atoms with van der Waals surface area (Å²) in [6, 6.07) is 4.81. The zero-order valence-corrected chi connectivity index (χ0v) is 21.5. The average molecular weight is 493 g/mol. The third-order valence-corrected chi connectivity index (χ3v) is 8.52. The monoisotopic (exact) mass is 492 g/mol. The van der Waals surface area contributed by atoms with Gasteiger partial charge in [-0.3, -0.25) is 9.59 Å². The molecule has 2 aromatic rings. The standard InChI is InChI=1S/C24H36N4O5S/c1-23(2,3)13-21-26-18-12-17(8-9-19(18)28(21)14-16-6-7-16)34(32,33)24(4,5)22(31)27(10-11-29)15-20(25)30/h8-9,12,16,29H,6-7,10-11,13-15H2,1-5H3,(H2,25,30). The SMILES string of the molecule is CC(C)(C)Cc1nc2cc(S(=O)(=O)C(C)(C)C(=O)N(CCO)CC(N)=O)ccc2n1CC1CC1. The van der Waals surface area contributed by atoms with Gasteiger partial charge in [0.25, 0.3) is 0 Å². The van der Waals surface area contributed by atoms with E-state index in [2.05, 4.69) is 25.3 Å². The molecule has 3 N–H and O–H groups in total. The molecule has 10 heteroatoms. The zero-order valence-electron chi connectivity index (χ0n) is 20.7. The van der Waals surface area contributed by atoms with Gasteiger partial charge in [0.15, 0.2) is 9.84 Å². The molecule has 1 aliphatic carbocycles. The van der Waals surface area contributed by atoms with E-state index in [-0.39, 0.29) is 16.9 Å². The van der Waals surface area contributed by atoms with E-state index >= 15 is 0 Å². The van der Waals surface area contributed by atoms with Gasteiger partial charge < -0.3 is 20.3 Å². The van der Waals surface area contributed by atoms with Crippen molar-refractivity contribution in [1.29, 1.82) is 0 Å². The number of hydrogen-bond acceptors (Lipinski definition) is 6. The maximum absolute atomic E-state index is 13.6. The van der Waals surface area contributed by atoms with E-state index in [0.717, 1.165) is 29.2 Å². The molecule has 0 spiro atoms. The van der Waals surface area contributed by atoms with E-state index in [9.17, 15) is 23.1 Å². The first-order valence-electron chi connectivity index (χ1n) is 11.6. The van der Waals surface area contributed by atoms with Crippen LogP contribution in [-0.2, 0) is 32.4 Å². The third-order valence-electron chi connectivity index (χ3n) is 6.13. The van der Waals surface area contributed by atoms with Crippen LogP contribution in [0.2, 0.25) is 0 Å². The number of nitrogens with two attached hydrogens (primary N) is 1. The van der Waals surface area contributed by atoms with E-state index in [0.29, 0.717) is 11.4 Å². The van der Waals surface area contributed by atoms with Crippen LogP contribution < -0.4 is 5.73 Å². The summed E-state index contributed by atoms with van der Waals surface area (Å²) in [7, 11) is -4.15. The number of benzene rings is 1. The van der Waals surface area contributed by atoms with Gasteiger partial charge in [0.1, 0.15) is 10.6 Å². The first-order valence-corrected chi connectivity index (χ1v) is 13.1. The fraction of sp³-hybridized carbons (Fsp3) is 0.625. The highest BCUT2D eigenvalue weighted by Crippen LogP contribution is 2.35. The molecule has 1 heterocycles. The summed E-state index contributed by atoms with van der Waals surface area (Å²) >= 11 is 0.